The minimum Gasteiger partial charge on any atom is -0.336 e. The number of urea groups is 1. The summed E-state index contributed by atoms with van der Waals surface area (Å²) >= 11 is 0. The molecular formula is C15H23ClN6O3. The second-order valence-corrected chi connectivity index (χ2v) is 6.65. The first-order chi connectivity index (χ1) is 11.3. The van der Waals surface area contributed by atoms with Crippen molar-refractivity contribution in [3.63, 3.8) is 0 Å². The van der Waals surface area contributed by atoms with Gasteiger partial charge in [-0.25, -0.2) is 9.78 Å². The molecule has 0 aliphatic carbocycles. The molecule has 0 spiro atoms. The van der Waals surface area contributed by atoms with E-state index in [1.807, 2.05) is 17.8 Å². The molecule has 1 atom stereocenters. The largest absolute Gasteiger partial charge is 0.336 e. The molecule has 2 aliphatic rings. The van der Waals surface area contributed by atoms with Crippen molar-refractivity contribution in [2.45, 2.75) is 25.4 Å². The van der Waals surface area contributed by atoms with Crippen molar-refractivity contribution in [2.75, 3.05) is 26.2 Å². The fourth-order valence-electron chi connectivity index (χ4n) is 3.12. The van der Waals surface area contributed by atoms with Crippen LogP contribution in [0.4, 0.5) is 4.79 Å². The fraction of sp³-hybridized carbons (Fsp3) is 0.600. The Labute approximate surface area is 152 Å². The summed E-state index contributed by atoms with van der Waals surface area (Å²) in [5, 5.41) is 5.84. The number of hydrogen-bond donors (Lipinski definition) is 2. The van der Waals surface area contributed by atoms with Crippen LogP contribution in [0.2, 0.25) is 0 Å². The maximum atomic E-state index is 12.8. The van der Waals surface area contributed by atoms with Gasteiger partial charge in [-0.15, -0.1) is 12.4 Å². The predicted octanol–water partition coefficient (Wildman–Crippen LogP) is -0.355. The molecule has 2 N–H and O–H groups in total. The third-order valence-electron chi connectivity index (χ3n) is 4.46. The van der Waals surface area contributed by atoms with E-state index >= 15 is 0 Å². The Morgan fingerprint density at radius 1 is 1.40 bits per heavy atom. The van der Waals surface area contributed by atoms with Gasteiger partial charge in [0.2, 0.25) is 5.91 Å². The standard InChI is InChI=1S/C15H22N6O3.ClH/c1-15(2)13(23)21(14(24)18-15)9-11(22)20-7-4-16-8-10(20)12-17-5-6-19(12)3;/h5-6,10,16H,4,7-9H2,1-3H3,(H,18,24);1H. The van der Waals surface area contributed by atoms with Crippen LogP contribution in [0.3, 0.4) is 0 Å². The molecule has 1 aromatic rings. The number of aryl methyl sites for hydroxylation is 1. The van der Waals surface area contributed by atoms with E-state index in [-0.39, 0.29) is 36.8 Å². The molecular weight excluding hydrogens is 348 g/mol. The number of halogens is 1. The second-order valence-electron chi connectivity index (χ2n) is 6.65. The first kappa shape index (κ1) is 19.2. The monoisotopic (exact) mass is 370 g/mol. The lowest BCUT2D eigenvalue weighted by Crippen LogP contribution is -2.52. The molecule has 10 heteroatoms. The van der Waals surface area contributed by atoms with Gasteiger partial charge in [0, 0.05) is 39.1 Å². The third-order valence-corrected chi connectivity index (χ3v) is 4.46. The van der Waals surface area contributed by atoms with Crippen LogP contribution in [0.5, 0.6) is 0 Å². The molecule has 4 amide bonds. The molecule has 138 valence electrons. The second kappa shape index (κ2) is 7.01. The van der Waals surface area contributed by atoms with Crippen LogP contribution in [0.15, 0.2) is 12.4 Å². The number of piperazine rings is 1. The van der Waals surface area contributed by atoms with Gasteiger partial charge >= 0.3 is 6.03 Å². The van der Waals surface area contributed by atoms with Gasteiger partial charge in [-0.05, 0) is 13.8 Å². The maximum absolute atomic E-state index is 12.8. The Balaban J connectivity index is 0.00000225. The lowest BCUT2D eigenvalue weighted by atomic mass is 10.1. The van der Waals surface area contributed by atoms with Crippen molar-refractivity contribution in [2.24, 2.45) is 7.05 Å². The number of nitrogens with one attached hydrogen (secondary N) is 2. The summed E-state index contributed by atoms with van der Waals surface area (Å²) in [5.74, 6) is 0.128. The number of nitrogens with zero attached hydrogens (tertiary/aromatic N) is 4. The van der Waals surface area contributed by atoms with Crippen molar-refractivity contribution in [1.82, 2.24) is 30.0 Å². The Morgan fingerprint density at radius 2 is 2.12 bits per heavy atom. The van der Waals surface area contributed by atoms with Crippen molar-refractivity contribution in [3.05, 3.63) is 18.2 Å². The highest BCUT2D eigenvalue weighted by atomic mass is 35.5. The number of carbonyl (C=O) groups is 3. The minimum absolute atomic E-state index is 0. The number of imidazole rings is 1. The molecule has 2 saturated heterocycles. The number of rotatable bonds is 3. The van der Waals surface area contributed by atoms with Crippen LogP contribution in [0.25, 0.3) is 0 Å². The molecule has 3 rings (SSSR count). The van der Waals surface area contributed by atoms with Crippen LogP contribution in [0, 0.1) is 0 Å². The zero-order valence-electron chi connectivity index (χ0n) is 14.5. The smallest absolute Gasteiger partial charge is 0.325 e. The Kier molecular flexibility index (Phi) is 5.38. The normalized spacial score (nSPS) is 22.6. The summed E-state index contributed by atoms with van der Waals surface area (Å²) in [7, 11) is 1.87. The predicted molar refractivity (Wildman–Crippen MR) is 92.1 cm³/mol. The van der Waals surface area contributed by atoms with E-state index in [1.165, 1.54) is 0 Å². The van der Waals surface area contributed by atoms with E-state index in [9.17, 15) is 14.4 Å². The first-order valence-electron chi connectivity index (χ1n) is 7.93. The highest BCUT2D eigenvalue weighted by Crippen LogP contribution is 2.22. The average Bonchev–Trinajstić information content (AvgIpc) is 3.04. The molecule has 1 unspecified atom stereocenters. The number of imide groups is 1. The average molecular weight is 371 g/mol. The lowest BCUT2D eigenvalue weighted by Gasteiger charge is -2.36. The molecule has 0 bridgehead atoms. The van der Waals surface area contributed by atoms with E-state index in [0.29, 0.717) is 19.6 Å². The zero-order chi connectivity index (χ0) is 17.5. The van der Waals surface area contributed by atoms with Gasteiger partial charge < -0.3 is 20.1 Å². The number of amides is 4. The summed E-state index contributed by atoms with van der Waals surface area (Å²) in [4.78, 5) is 44.0. The van der Waals surface area contributed by atoms with E-state index in [4.69, 9.17) is 0 Å². The third kappa shape index (κ3) is 3.47. The highest BCUT2D eigenvalue weighted by molar-refractivity contribution is 6.08. The molecule has 25 heavy (non-hydrogen) atoms. The SMILES string of the molecule is Cl.Cn1ccnc1C1CNCCN1C(=O)CN1C(=O)NC(C)(C)C1=O. The van der Waals surface area contributed by atoms with Crippen molar-refractivity contribution >= 4 is 30.3 Å². The minimum atomic E-state index is -0.972. The first-order valence-corrected chi connectivity index (χ1v) is 7.93. The van der Waals surface area contributed by atoms with E-state index in [0.717, 1.165) is 10.7 Å². The molecule has 1 aromatic heterocycles. The van der Waals surface area contributed by atoms with Gasteiger partial charge in [-0.1, -0.05) is 0 Å². The molecule has 9 nitrogen and oxygen atoms in total. The molecule has 2 aliphatic heterocycles. The molecule has 0 radical (unpaired) electrons. The van der Waals surface area contributed by atoms with Gasteiger partial charge in [0.25, 0.3) is 5.91 Å². The van der Waals surface area contributed by atoms with Crippen LogP contribution in [-0.2, 0) is 16.6 Å². The number of hydrogen-bond acceptors (Lipinski definition) is 5. The lowest BCUT2D eigenvalue weighted by molar-refractivity contribution is -0.140. The molecule has 0 aromatic carbocycles. The van der Waals surface area contributed by atoms with Crippen molar-refractivity contribution < 1.29 is 14.4 Å². The number of carbonyl (C=O) groups excluding carboxylic acids is 3. The highest BCUT2D eigenvalue weighted by Gasteiger charge is 2.45. The van der Waals surface area contributed by atoms with Crippen molar-refractivity contribution in [3.8, 4) is 0 Å². The molecule has 3 heterocycles. The Morgan fingerprint density at radius 3 is 2.68 bits per heavy atom. The topological polar surface area (TPSA) is 99.6 Å². The quantitative estimate of drug-likeness (QED) is 0.708. The fourth-order valence-corrected chi connectivity index (χ4v) is 3.12. The van der Waals surface area contributed by atoms with Gasteiger partial charge in [0.15, 0.2) is 0 Å². The summed E-state index contributed by atoms with van der Waals surface area (Å²) < 4.78 is 1.87. The van der Waals surface area contributed by atoms with E-state index in [1.54, 1.807) is 24.9 Å². The van der Waals surface area contributed by atoms with Gasteiger partial charge in [-0.3, -0.25) is 14.5 Å². The van der Waals surface area contributed by atoms with Crippen LogP contribution < -0.4 is 10.6 Å². The molecule has 2 fully saturated rings. The Hall–Kier alpha value is -2.13. The summed E-state index contributed by atoms with van der Waals surface area (Å²) in [5.41, 5.74) is -0.972. The van der Waals surface area contributed by atoms with E-state index in [2.05, 4.69) is 15.6 Å². The van der Waals surface area contributed by atoms with Gasteiger partial charge in [0.1, 0.15) is 23.9 Å². The van der Waals surface area contributed by atoms with E-state index < -0.39 is 11.6 Å². The van der Waals surface area contributed by atoms with Gasteiger partial charge in [0.05, 0.1) is 0 Å². The summed E-state index contributed by atoms with van der Waals surface area (Å²) in [6, 6.07) is -0.748. The summed E-state index contributed by atoms with van der Waals surface area (Å²) in [6.45, 7) is 4.75. The van der Waals surface area contributed by atoms with Crippen molar-refractivity contribution in [1.29, 1.82) is 0 Å². The zero-order valence-corrected chi connectivity index (χ0v) is 15.3. The number of aromatic nitrogens is 2. The van der Waals surface area contributed by atoms with Crippen LogP contribution >= 0.6 is 12.4 Å². The van der Waals surface area contributed by atoms with Gasteiger partial charge in [-0.2, -0.15) is 0 Å². The molecule has 0 saturated carbocycles. The Bertz CT molecular complexity index is 689. The maximum Gasteiger partial charge on any atom is 0.325 e. The van der Waals surface area contributed by atoms with Crippen LogP contribution in [-0.4, -0.2) is 68.9 Å². The summed E-state index contributed by atoms with van der Waals surface area (Å²) in [6.07, 6.45) is 3.51. The van der Waals surface area contributed by atoms with Crippen LogP contribution in [0.1, 0.15) is 25.7 Å².